The summed E-state index contributed by atoms with van der Waals surface area (Å²) < 4.78 is 5.65. The fraction of sp³-hybridized carbons (Fsp3) is 0.750. The van der Waals surface area contributed by atoms with E-state index < -0.39 is 0 Å². The standard InChI is InChI=1S/C12H20N2OS/c1-3-12(2,8-13)10-7-16-11(14-10)9-5-4-6-15-9/h7,9H,3-6,8,13H2,1-2H3. The van der Waals surface area contributed by atoms with Crippen molar-refractivity contribution in [3.8, 4) is 0 Å². The van der Waals surface area contributed by atoms with E-state index in [2.05, 4.69) is 19.2 Å². The van der Waals surface area contributed by atoms with Gasteiger partial charge < -0.3 is 10.5 Å². The molecule has 1 fully saturated rings. The molecule has 1 aromatic heterocycles. The lowest BCUT2D eigenvalue weighted by atomic mass is 9.85. The van der Waals surface area contributed by atoms with E-state index in [9.17, 15) is 0 Å². The van der Waals surface area contributed by atoms with Crippen LogP contribution in [-0.2, 0) is 10.2 Å². The smallest absolute Gasteiger partial charge is 0.122 e. The number of nitrogens with two attached hydrogens (primary N) is 1. The first kappa shape index (κ1) is 12.0. The summed E-state index contributed by atoms with van der Waals surface area (Å²) in [5.41, 5.74) is 7.00. The van der Waals surface area contributed by atoms with Gasteiger partial charge in [-0.25, -0.2) is 4.98 Å². The highest BCUT2D eigenvalue weighted by Crippen LogP contribution is 2.34. The summed E-state index contributed by atoms with van der Waals surface area (Å²) in [6.07, 6.45) is 3.52. The second-order valence-electron chi connectivity index (χ2n) is 4.69. The van der Waals surface area contributed by atoms with E-state index in [1.807, 2.05) is 0 Å². The highest BCUT2D eigenvalue weighted by atomic mass is 32.1. The lowest BCUT2D eigenvalue weighted by Gasteiger charge is -2.23. The molecule has 0 saturated carbocycles. The minimum atomic E-state index is 0.0212. The van der Waals surface area contributed by atoms with Gasteiger partial charge in [-0.1, -0.05) is 13.8 Å². The van der Waals surface area contributed by atoms with Crippen molar-refractivity contribution in [2.75, 3.05) is 13.2 Å². The van der Waals surface area contributed by atoms with Gasteiger partial charge in [-0.05, 0) is 19.3 Å². The molecule has 90 valence electrons. The summed E-state index contributed by atoms with van der Waals surface area (Å²) in [7, 11) is 0. The Morgan fingerprint density at radius 1 is 1.69 bits per heavy atom. The van der Waals surface area contributed by atoms with Crippen LogP contribution in [0.3, 0.4) is 0 Å². The molecule has 1 aliphatic rings. The summed E-state index contributed by atoms with van der Waals surface area (Å²) in [6, 6.07) is 0. The van der Waals surface area contributed by atoms with Crippen molar-refractivity contribution < 1.29 is 4.74 Å². The molecule has 1 aromatic rings. The van der Waals surface area contributed by atoms with Crippen LogP contribution in [0.2, 0.25) is 0 Å². The molecule has 2 heterocycles. The van der Waals surface area contributed by atoms with Crippen molar-refractivity contribution >= 4 is 11.3 Å². The molecular weight excluding hydrogens is 220 g/mol. The minimum absolute atomic E-state index is 0.0212. The van der Waals surface area contributed by atoms with Crippen molar-refractivity contribution in [1.29, 1.82) is 0 Å². The molecule has 0 bridgehead atoms. The number of hydrogen-bond acceptors (Lipinski definition) is 4. The lowest BCUT2D eigenvalue weighted by Crippen LogP contribution is -2.31. The predicted octanol–water partition coefficient (Wildman–Crippen LogP) is 2.62. The SMILES string of the molecule is CCC(C)(CN)c1csc(C2CCCO2)n1. The Labute approximate surface area is 101 Å². The first-order valence-corrected chi connectivity index (χ1v) is 6.85. The van der Waals surface area contributed by atoms with E-state index in [0.717, 1.165) is 36.6 Å². The van der Waals surface area contributed by atoms with Gasteiger partial charge in [-0.15, -0.1) is 11.3 Å². The van der Waals surface area contributed by atoms with E-state index in [1.165, 1.54) is 0 Å². The van der Waals surface area contributed by atoms with Crippen LogP contribution in [0.5, 0.6) is 0 Å². The number of thiazole rings is 1. The molecular formula is C12H20N2OS. The number of nitrogens with zero attached hydrogens (tertiary/aromatic N) is 1. The molecule has 0 aromatic carbocycles. The Morgan fingerprint density at radius 3 is 3.06 bits per heavy atom. The minimum Gasteiger partial charge on any atom is -0.371 e. The number of rotatable bonds is 4. The zero-order valence-electron chi connectivity index (χ0n) is 10.0. The molecule has 2 atom stereocenters. The topological polar surface area (TPSA) is 48.1 Å². The Bertz CT molecular complexity index is 341. The van der Waals surface area contributed by atoms with Gasteiger partial charge in [0.15, 0.2) is 0 Å². The first-order valence-electron chi connectivity index (χ1n) is 5.97. The van der Waals surface area contributed by atoms with Gasteiger partial charge in [0.05, 0.1) is 5.69 Å². The predicted molar refractivity (Wildman–Crippen MR) is 66.7 cm³/mol. The third-order valence-corrected chi connectivity index (χ3v) is 4.51. The maximum Gasteiger partial charge on any atom is 0.122 e. The molecule has 4 heteroatoms. The summed E-state index contributed by atoms with van der Waals surface area (Å²) in [5, 5.41) is 3.27. The van der Waals surface area contributed by atoms with Gasteiger partial charge in [0, 0.05) is 23.9 Å². The Kier molecular flexibility index (Phi) is 3.62. The average molecular weight is 240 g/mol. The number of ether oxygens (including phenoxy) is 1. The van der Waals surface area contributed by atoms with Gasteiger partial charge >= 0.3 is 0 Å². The van der Waals surface area contributed by atoms with Crippen molar-refractivity contribution in [3.63, 3.8) is 0 Å². The van der Waals surface area contributed by atoms with Crippen molar-refractivity contribution in [3.05, 3.63) is 16.1 Å². The summed E-state index contributed by atoms with van der Waals surface area (Å²) in [6.45, 7) is 5.87. The molecule has 2 rings (SSSR count). The van der Waals surface area contributed by atoms with Gasteiger partial charge in [-0.3, -0.25) is 0 Å². The molecule has 2 N–H and O–H groups in total. The van der Waals surface area contributed by atoms with Crippen LogP contribution in [0.15, 0.2) is 5.38 Å². The molecule has 1 aliphatic heterocycles. The van der Waals surface area contributed by atoms with Gasteiger partial charge in [0.1, 0.15) is 11.1 Å². The van der Waals surface area contributed by atoms with Crippen LogP contribution in [0.4, 0.5) is 0 Å². The largest absolute Gasteiger partial charge is 0.371 e. The van der Waals surface area contributed by atoms with Gasteiger partial charge in [0.2, 0.25) is 0 Å². The van der Waals surface area contributed by atoms with E-state index in [1.54, 1.807) is 11.3 Å². The quantitative estimate of drug-likeness (QED) is 0.880. The first-order chi connectivity index (χ1) is 7.69. The fourth-order valence-corrected chi connectivity index (χ4v) is 2.97. The summed E-state index contributed by atoms with van der Waals surface area (Å²) >= 11 is 1.71. The fourth-order valence-electron chi connectivity index (χ4n) is 1.92. The van der Waals surface area contributed by atoms with E-state index >= 15 is 0 Å². The van der Waals surface area contributed by atoms with Gasteiger partial charge in [0.25, 0.3) is 0 Å². The molecule has 0 aliphatic carbocycles. The summed E-state index contributed by atoms with van der Waals surface area (Å²) in [5.74, 6) is 0. The molecule has 16 heavy (non-hydrogen) atoms. The maximum absolute atomic E-state index is 5.85. The van der Waals surface area contributed by atoms with Crippen LogP contribution in [0.1, 0.15) is 49.9 Å². The second kappa shape index (κ2) is 4.82. The third kappa shape index (κ3) is 2.14. The van der Waals surface area contributed by atoms with Crippen LogP contribution >= 0.6 is 11.3 Å². The third-order valence-electron chi connectivity index (χ3n) is 3.58. The maximum atomic E-state index is 5.85. The normalized spacial score (nSPS) is 24.6. The monoisotopic (exact) mass is 240 g/mol. The second-order valence-corrected chi connectivity index (χ2v) is 5.58. The summed E-state index contributed by atoms with van der Waals surface area (Å²) in [4.78, 5) is 4.72. The zero-order valence-corrected chi connectivity index (χ0v) is 10.8. The molecule has 2 unspecified atom stereocenters. The molecule has 0 spiro atoms. The molecule has 0 amide bonds. The Hall–Kier alpha value is -0.450. The van der Waals surface area contributed by atoms with E-state index in [4.69, 9.17) is 15.5 Å². The van der Waals surface area contributed by atoms with Crippen LogP contribution in [0, 0.1) is 0 Å². The molecule has 1 saturated heterocycles. The number of hydrogen-bond donors (Lipinski definition) is 1. The number of aromatic nitrogens is 1. The highest BCUT2D eigenvalue weighted by Gasteiger charge is 2.28. The lowest BCUT2D eigenvalue weighted by molar-refractivity contribution is 0.111. The van der Waals surface area contributed by atoms with Crippen molar-refractivity contribution in [2.24, 2.45) is 5.73 Å². The Balaban J connectivity index is 2.17. The average Bonchev–Trinajstić information content (AvgIpc) is 2.97. The Morgan fingerprint density at radius 2 is 2.50 bits per heavy atom. The van der Waals surface area contributed by atoms with Gasteiger partial charge in [-0.2, -0.15) is 0 Å². The van der Waals surface area contributed by atoms with E-state index in [0.29, 0.717) is 6.54 Å². The molecule has 0 radical (unpaired) electrons. The molecule has 3 nitrogen and oxygen atoms in total. The zero-order chi connectivity index (χ0) is 11.6. The van der Waals surface area contributed by atoms with Crippen molar-refractivity contribution in [1.82, 2.24) is 4.98 Å². The van der Waals surface area contributed by atoms with E-state index in [-0.39, 0.29) is 11.5 Å². The van der Waals surface area contributed by atoms with Crippen LogP contribution < -0.4 is 5.73 Å². The van der Waals surface area contributed by atoms with Crippen LogP contribution in [0.25, 0.3) is 0 Å². The van der Waals surface area contributed by atoms with Crippen molar-refractivity contribution in [2.45, 2.75) is 44.6 Å². The highest BCUT2D eigenvalue weighted by molar-refractivity contribution is 7.09. The van der Waals surface area contributed by atoms with Crippen LogP contribution in [-0.4, -0.2) is 18.1 Å².